The standard InChI is InChI=1S/C15H13Br2NO/c1-19-7-6-18-14-8-10(16)2-4-12(14)13-5-3-11(17)9-15(13)18/h2-5,8-9H,6-7H2,1H3/i1D3. The Morgan fingerprint density at radius 3 is 2.16 bits per heavy atom. The molecule has 2 nitrogen and oxygen atoms in total. The fraction of sp³-hybridized carbons (Fsp3) is 0.200. The minimum atomic E-state index is -2.36. The zero-order chi connectivity index (χ0) is 15.9. The third-order valence-corrected chi connectivity index (χ3v) is 4.19. The maximum absolute atomic E-state index is 7.14. The van der Waals surface area contributed by atoms with Crippen molar-refractivity contribution in [3.63, 3.8) is 0 Å². The van der Waals surface area contributed by atoms with Crippen molar-refractivity contribution in [2.24, 2.45) is 0 Å². The van der Waals surface area contributed by atoms with Crippen LogP contribution >= 0.6 is 31.9 Å². The van der Waals surface area contributed by atoms with Gasteiger partial charge in [0, 0.05) is 33.3 Å². The van der Waals surface area contributed by atoms with Gasteiger partial charge < -0.3 is 9.30 Å². The van der Waals surface area contributed by atoms with Crippen LogP contribution in [0.3, 0.4) is 0 Å². The second-order valence-corrected chi connectivity index (χ2v) is 6.15. The highest BCUT2D eigenvalue weighted by molar-refractivity contribution is 9.10. The van der Waals surface area contributed by atoms with Crippen molar-refractivity contribution >= 4 is 53.7 Å². The number of methoxy groups -OCH3 is 1. The summed E-state index contributed by atoms with van der Waals surface area (Å²) < 4.78 is 30.4. The number of nitrogens with zero attached hydrogens (tertiary/aromatic N) is 1. The maximum Gasteiger partial charge on any atom is 0.0642 e. The monoisotopic (exact) mass is 384 g/mol. The van der Waals surface area contributed by atoms with E-state index in [4.69, 9.17) is 8.85 Å². The Kier molecular flexibility index (Phi) is 2.77. The number of halogens is 2. The van der Waals surface area contributed by atoms with Crippen LogP contribution in [-0.2, 0) is 11.3 Å². The summed E-state index contributed by atoms with van der Waals surface area (Å²) in [5.41, 5.74) is 2.10. The molecule has 3 rings (SSSR count). The van der Waals surface area contributed by atoms with Gasteiger partial charge in [0.1, 0.15) is 0 Å². The summed E-state index contributed by atoms with van der Waals surface area (Å²) in [4.78, 5) is 0. The zero-order valence-electron chi connectivity index (χ0n) is 13.0. The van der Waals surface area contributed by atoms with E-state index in [1.54, 1.807) is 0 Å². The molecule has 2 aromatic carbocycles. The third-order valence-electron chi connectivity index (χ3n) is 3.21. The normalized spacial score (nSPS) is 14.5. The van der Waals surface area contributed by atoms with Gasteiger partial charge in [-0.05, 0) is 24.3 Å². The van der Waals surface area contributed by atoms with Gasteiger partial charge in [-0.3, -0.25) is 0 Å². The van der Waals surface area contributed by atoms with Gasteiger partial charge in [-0.2, -0.15) is 0 Å². The van der Waals surface area contributed by atoms with E-state index in [2.05, 4.69) is 48.6 Å². The van der Waals surface area contributed by atoms with E-state index in [1.165, 1.54) is 0 Å². The molecule has 1 aromatic heterocycles. The molecule has 1 heterocycles. The second kappa shape index (κ2) is 5.27. The molecule has 0 bridgehead atoms. The first-order valence-electron chi connectivity index (χ1n) is 7.36. The highest BCUT2D eigenvalue weighted by Gasteiger charge is 2.11. The minimum Gasteiger partial charge on any atom is -0.383 e. The average Bonchev–Trinajstić information content (AvgIpc) is 2.70. The molecule has 0 amide bonds. The predicted octanol–water partition coefficient (Wildman–Crippen LogP) is 4.97. The molecule has 4 heteroatoms. The Morgan fingerprint density at radius 1 is 1.05 bits per heavy atom. The van der Waals surface area contributed by atoms with Crippen LogP contribution in [0.4, 0.5) is 0 Å². The van der Waals surface area contributed by atoms with Gasteiger partial charge in [-0.25, -0.2) is 0 Å². The van der Waals surface area contributed by atoms with Crippen LogP contribution in [0, 0.1) is 0 Å². The van der Waals surface area contributed by atoms with Crippen molar-refractivity contribution in [1.29, 1.82) is 0 Å². The van der Waals surface area contributed by atoms with Crippen molar-refractivity contribution in [1.82, 2.24) is 4.57 Å². The summed E-state index contributed by atoms with van der Waals surface area (Å²) in [5.74, 6) is 0. The molecule has 0 aliphatic heterocycles. The third kappa shape index (κ3) is 2.33. The van der Waals surface area contributed by atoms with Crippen LogP contribution in [-0.4, -0.2) is 18.2 Å². The quantitative estimate of drug-likeness (QED) is 0.621. The van der Waals surface area contributed by atoms with Crippen LogP contribution in [0.2, 0.25) is 0 Å². The lowest BCUT2D eigenvalue weighted by atomic mass is 10.2. The van der Waals surface area contributed by atoms with E-state index in [-0.39, 0.29) is 6.61 Å². The summed E-state index contributed by atoms with van der Waals surface area (Å²) in [5, 5.41) is 2.28. The van der Waals surface area contributed by atoms with E-state index in [0.29, 0.717) is 6.54 Å². The molecule has 0 saturated carbocycles. The van der Waals surface area contributed by atoms with Crippen molar-refractivity contribution in [3.05, 3.63) is 45.3 Å². The van der Waals surface area contributed by atoms with E-state index < -0.39 is 7.04 Å². The number of rotatable bonds is 3. The first kappa shape index (κ1) is 9.97. The van der Waals surface area contributed by atoms with Gasteiger partial charge >= 0.3 is 0 Å². The first-order chi connectivity index (χ1) is 10.3. The first-order valence-corrected chi connectivity index (χ1v) is 7.45. The summed E-state index contributed by atoms with van der Waals surface area (Å²) >= 11 is 6.99. The van der Waals surface area contributed by atoms with E-state index >= 15 is 0 Å². The molecule has 0 aliphatic rings. The molecule has 0 aliphatic carbocycles. The Balaban J connectivity index is 2.11. The molecule has 19 heavy (non-hydrogen) atoms. The summed E-state index contributed by atoms with van der Waals surface area (Å²) in [6.45, 7) is 0.611. The van der Waals surface area contributed by atoms with Gasteiger partial charge in [0.15, 0.2) is 0 Å². The van der Waals surface area contributed by atoms with Gasteiger partial charge in [0.25, 0.3) is 0 Å². The van der Waals surface area contributed by atoms with Crippen molar-refractivity contribution < 1.29 is 8.85 Å². The summed E-state index contributed by atoms with van der Waals surface area (Å²) in [7, 11) is -2.36. The van der Waals surface area contributed by atoms with Gasteiger partial charge in [0.2, 0.25) is 0 Å². The topological polar surface area (TPSA) is 14.2 Å². The number of hydrogen-bond acceptors (Lipinski definition) is 1. The highest BCUT2D eigenvalue weighted by Crippen LogP contribution is 2.32. The fourth-order valence-electron chi connectivity index (χ4n) is 2.42. The number of hydrogen-bond donors (Lipinski definition) is 0. The minimum absolute atomic E-state index is 0.133. The van der Waals surface area contributed by atoms with Gasteiger partial charge in [0.05, 0.1) is 21.8 Å². The molecule has 3 aromatic rings. The Labute approximate surface area is 132 Å². The smallest absolute Gasteiger partial charge is 0.0642 e. The number of ether oxygens (including phenoxy) is 1. The van der Waals surface area contributed by atoms with E-state index in [9.17, 15) is 0 Å². The van der Waals surface area contributed by atoms with Crippen LogP contribution in [0.1, 0.15) is 4.11 Å². The Hall–Kier alpha value is -0.840. The number of benzene rings is 2. The van der Waals surface area contributed by atoms with Gasteiger partial charge in [-0.1, -0.05) is 44.0 Å². The van der Waals surface area contributed by atoms with Gasteiger partial charge in [-0.15, -0.1) is 0 Å². The molecule has 0 atom stereocenters. The largest absolute Gasteiger partial charge is 0.383 e. The van der Waals surface area contributed by atoms with Crippen LogP contribution < -0.4 is 0 Å². The number of aromatic nitrogens is 1. The van der Waals surface area contributed by atoms with E-state index in [0.717, 1.165) is 30.8 Å². The predicted molar refractivity (Wildman–Crippen MR) is 86.7 cm³/mol. The molecule has 98 valence electrons. The molecule has 0 fully saturated rings. The van der Waals surface area contributed by atoms with E-state index in [1.807, 2.05) is 24.3 Å². The lowest BCUT2D eigenvalue weighted by Gasteiger charge is -2.06. The van der Waals surface area contributed by atoms with Crippen LogP contribution in [0.15, 0.2) is 45.3 Å². The Bertz CT molecular complexity index is 783. The molecular formula is C15H13Br2NO. The average molecular weight is 386 g/mol. The second-order valence-electron chi connectivity index (χ2n) is 4.32. The summed E-state index contributed by atoms with van der Waals surface area (Å²) in [6, 6.07) is 12.2. The number of fused-ring (bicyclic) bond motifs is 3. The molecule has 0 saturated heterocycles. The Morgan fingerprint density at radius 2 is 1.63 bits per heavy atom. The molecule has 0 unspecified atom stereocenters. The highest BCUT2D eigenvalue weighted by atomic mass is 79.9. The molecule has 0 radical (unpaired) electrons. The zero-order valence-corrected chi connectivity index (χ0v) is 13.2. The molecular weight excluding hydrogens is 370 g/mol. The van der Waals surface area contributed by atoms with Crippen LogP contribution in [0.25, 0.3) is 21.8 Å². The SMILES string of the molecule is [2H]C([2H])([2H])OCCn1c2cc(Br)ccc2c2ccc(Br)cc21. The van der Waals surface area contributed by atoms with Crippen molar-refractivity contribution in [3.8, 4) is 0 Å². The van der Waals surface area contributed by atoms with Crippen molar-refractivity contribution in [2.75, 3.05) is 13.6 Å². The molecule has 0 spiro atoms. The molecule has 0 N–H and O–H groups in total. The van der Waals surface area contributed by atoms with Crippen LogP contribution in [0.5, 0.6) is 0 Å². The maximum atomic E-state index is 7.14. The van der Waals surface area contributed by atoms with Crippen molar-refractivity contribution in [2.45, 2.75) is 6.54 Å². The lowest BCUT2D eigenvalue weighted by Crippen LogP contribution is -2.03. The lowest BCUT2D eigenvalue weighted by molar-refractivity contribution is 0.189. The fourth-order valence-corrected chi connectivity index (χ4v) is 3.12. The summed E-state index contributed by atoms with van der Waals surface area (Å²) in [6.07, 6.45) is 0.